The van der Waals surface area contributed by atoms with Crippen LogP contribution in [0.25, 0.3) is 10.3 Å². The van der Waals surface area contributed by atoms with Gasteiger partial charge in [0.1, 0.15) is 6.33 Å². The molecule has 0 bridgehead atoms. The summed E-state index contributed by atoms with van der Waals surface area (Å²) in [6, 6.07) is 9.06. The Kier molecular flexibility index (Phi) is 7.54. The molecule has 3 aromatic rings. The van der Waals surface area contributed by atoms with Crippen molar-refractivity contribution in [2.75, 3.05) is 25.5 Å². The molecule has 5 rings (SSSR count). The number of carbonyl (C=O) groups is 2. The highest BCUT2D eigenvalue weighted by molar-refractivity contribution is 7.22. The number of carboxylic acids is 1. The number of likely N-dealkylation sites (tertiary alicyclic amines) is 1. The molecule has 192 valence electrons. The number of fused-ring (bicyclic) bond motifs is 2. The number of thiazole rings is 1. The Bertz CT molecular complexity index is 1220. The average Bonchev–Trinajstić information content (AvgIpc) is 3.47. The number of hydrogen-bond donors (Lipinski definition) is 2. The monoisotopic (exact) mass is 524 g/mol. The van der Waals surface area contributed by atoms with Crippen LogP contribution in [0.15, 0.2) is 30.6 Å². The Morgan fingerprint density at radius 3 is 2.31 bits per heavy atom. The second-order valence-corrected chi connectivity index (χ2v) is 9.16. The summed E-state index contributed by atoms with van der Waals surface area (Å²) in [5.74, 6) is -2.34. The number of ether oxygens (including phenoxy) is 1. The van der Waals surface area contributed by atoms with Crippen LogP contribution in [-0.2, 0) is 17.9 Å². The van der Waals surface area contributed by atoms with Gasteiger partial charge in [0.05, 0.1) is 7.11 Å². The number of halogens is 3. The first-order valence-corrected chi connectivity index (χ1v) is 11.8. The summed E-state index contributed by atoms with van der Waals surface area (Å²) in [5, 5.41) is 10.5. The molecule has 0 spiro atoms. The molecule has 0 radical (unpaired) electrons. The van der Waals surface area contributed by atoms with Crippen molar-refractivity contribution >= 4 is 38.8 Å². The van der Waals surface area contributed by atoms with E-state index in [-0.39, 0.29) is 6.03 Å². The van der Waals surface area contributed by atoms with Crippen molar-refractivity contribution < 1.29 is 32.6 Å². The van der Waals surface area contributed by atoms with Crippen molar-refractivity contribution in [3.8, 4) is 5.88 Å². The average molecular weight is 525 g/mol. The molecule has 2 amide bonds. The largest absolute Gasteiger partial charge is 0.490 e. The molecule has 4 heterocycles. The Balaban J connectivity index is 0.000000384. The number of nitrogens with one attached hydrogen (secondary N) is 1. The number of methoxy groups -OCH3 is 1. The van der Waals surface area contributed by atoms with Gasteiger partial charge < -0.3 is 14.7 Å². The minimum Gasteiger partial charge on any atom is -0.479 e. The number of benzene rings is 1. The SMILES string of the molecule is COc1ncnc2sc(NC(=O)N3CCC(N4Cc5ccccc5C4)CC3)nc12.O=C(O)C(F)(F)F. The van der Waals surface area contributed by atoms with Crippen LogP contribution in [0.3, 0.4) is 0 Å². The van der Waals surface area contributed by atoms with Gasteiger partial charge >= 0.3 is 18.2 Å². The molecule has 0 unspecified atom stereocenters. The van der Waals surface area contributed by atoms with Gasteiger partial charge in [-0.15, -0.1) is 0 Å². The van der Waals surface area contributed by atoms with E-state index in [9.17, 15) is 18.0 Å². The molecule has 1 saturated heterocycles. The number of aromatic nitrogens is 3. The number of aliphatic carboxylic acids is 1. The second-order valence-electron chi connectivity index (χ2n) is 8.18. The lowest BCUT2D eigenvalue weighted by molar-refractivity contribution is -0.192. The van der Waals surface area contributed by atoms with E-state index in [1.807, 2.05) is 4.90 Å². The van der Waals surface area contributed by atoms with Crippen LogP contribution in [0.1, 0.15) is 24.0 Å². The van der Waals surface area contributed by atoms with Crippen LogP contribution in [0.2, 0.25) is 0 Å². The molecule has 2 aliphatic rings. The fourth-order valence-electron chi connectivity index (χ4n) is 4.16. The highest BCUT2D eigenvalue weighted by atomic mass is 32.1. The van der Waals surface area contributed by atoms with Gasteiger partial charge in [-0.2, -0.15) is 18.2 Å². The van der Waals surface area contributed by atoms with Gasteiger partial charge in [0.25, 0.3) is 0 Å². The van der Waals surface area contributed by atoms with Crippen LogP contribution >= 0.6 is 11.3 Å². The lowest BCUT2D eigenvalue weighted by atomic mass is 10.0. The predicted molar refractivity (Wildman–Crippen MR) is 125 cm³/mol. The lowest BCUT2D eigenvalue weighted by Gasteiger charge is -2.36. The van der Waals surface area contributed by atoms with E-state index in [4.69, 9.17) is 14.6 Å². The third kappa shape index (κ3) is 5.82. The maximum atomic E-state index is 12.7. The molecule has 0 aliphatic carbocycles. The fraction of sp³-hybridized carbons (Fsp3) is 0.409. The van der Waals surface area contributed by atoms with Crippen LogP contribution in [0.5, 0.6) is 5.88 Å². The highest BCUT2D eigenvalue weighted by Gasteiger charge is 2.38. The molecule has 0 atom stereocenters. The van der Waals surface area contributed by atoms with Gasteiger partial charge in [0.15, 0.2) is 15.5 Å². The molecule has 2 aromatic heterocycles. The molecule has 2 aliphatic heterocycles. The van der Waals surface area contributed by atoms with Crippen molar-refractivity contribution in [1.29, 1.82) is 0 Å². The smallest absolute Gasteiger partial charge is 0.479 e. The third-order valence-corrected chi connectivity index (χ3v) is 6.82. The molecule has 10 nitrogen and oxygen atoms in total. The maximum Gasteiger partial charge on any atom is 0.490 e. The van der Waals surface area contributed by atoms with E-state index in [0.29, 0.717) is 27.4 Å². The first-order chi connectivity index (χ1) is 17.2. The maximum absolute atomic E-state index is 12.7. The Hall–Kier alpha value is -3.52. The predicted octanol–water partition coefficient (Wildman–Crippen LogP) is 3.74. The molecule has 1 fully saturated rings. The molecular weight excluding hydrogens is 501 g/mol. The second kappa shape index (κ2) is 10.6. The number of piperidine rings is 1. The summed E-state index contributed by atoms with van der Waals surface area (Å²) in [6.07, 6.45) is -1.67. The molecule has 2 N–H and O–H groups in total. The van der Waals surface area contributed by atoms with Gasteiger partial charge in [0.2, 0.25) is 5.88 Å². The van der Waals surface area contributed by atoms with Crippen molar-refractivity contribution in [2.45, 2.75) is 38.1 Å². The summed E-state index contributed by atoms with van der Waals surface area (Å²) in [4.78, 5) is 39.4. The molecule has 36 heavy (non-hydrogen) atoms. The Morgan fingerprint density at radius 2 is 1.75 bits per heavy atom. The van der Waals surface area contributed by atoms with E-state index in [1.165, 1.54) is 28.8 Å². The number of anilines is 1. The summed E-state index contributed by atoms with van der Waals surface area (Å²) >= 11 is 1.32. The lowest BCUT2D eigenvalue weighted by Crippen LogP contribution is -2.46. The molecule has 1 aromatic carbocycles. The van der Waals surface area contributed by atoms with Gasteiger partial charge in [-0.3, -0.25) is 10.2 Å². The highest BCUT2D eigenvalue weighted by Crippen LogP contribution is 2.30. The number of alkyl halides is 3. The standard InChI is InChI=1S/C20H22N6O2S.C2HF3O2/c1-28-17-16-18(22-12-21-17)29-19(23-16)24-20(27)25-8-6-15(7-9-25)26-10-13-4-2-3-5-14(13)11-26;3-2(4,5)1(6)7/h2-5,12,15H,6-11H2,1H3,(H,23,24,27);(H,6,7). The first kappa shape index (κ1) is 25.6. The number of hydrogen-bond acceptors (Lipinski definition) is 8. The summed E-state index contributed by atoms with van der Waals surface area (Å²) < 4.78 is 36.9. The third-order valence-electron chi connectivity index (χ3n) is 5.94. The van der Waals surface area contributed by atoms with Crippen molar-refractivity contribution in [3.05, 3.63) is 41.7 Å². The zero-order chi connectivity index (χ0) is 25.9. The van der Waals surface area contributed by atoms with Crippen LogP contribution in [0, 0.1) is 0 Å². The summed E-state index contributed by atoms with van der Waals surface area (Å²) in [5.41, 5.74) is 3.44. The Morgan fingerprint density at radius 1 is 1.14 bits per heavy atom. The van der Waals surface area contributed by atoms with Gasteiger partial charge in [-0.05, 0) is 24.0 Å². The van der Waals surface area contributed by atoms with Gasteiger partial charge in [-0.25, -0.2) is 19.6 Å². The van der Waals surface area contributed by atoms with Crippen molar-refractivity contribution in [1.82, 2.24) is 24.8 Å². The zero-order valence-corrected chi connectivity index (χ0v) is 20.0. The number of rotatable bonds is 3. The topological polar surface area (TPSA) is 121 Å². The van der Waals surface area contributed by atoms with Gasteiger partial charge in [-0.1, -0.05) is 35.6 Å². The number of urea groups is 1. The van der Waals surface area contributed by atoms with Gasteiger partial charge in [0, 0.05) is 32.2 Å². The van der Waals surface area contributed by atoms with Crippen LogP contribution < -0.4 is 10.1 Å². The number of carboxylic acid groups (broad SMARTS) is 1. The molecule has 14 heteroatoms. The molecule has 0 saturated carbocycles. The van der Waals surface area contributed by atoms with E-state index < -0.39 is 12.1 Å². The number of nitrogens with zero attached hydrogens (tertiary/aromatic N) is 5. The summed E-state index contributed by atoms with van der Waals surface area (Å²) in [6.45, 7) is 3.53. The minimum absolute atomic E-state index is 0.112. The van der Waals surface area contributed by atoms with E-state index >= 15 is 0 Å². The number of amides is 2. The number of carbonyl (C=O) groups excluding carboxylic acids is 1. The van der Waals surface area contributed by atoms with Crippen molar-refractivity contribution in [2.24, 2.45) is 0 Å². The first-order valence-electron chi connectivity index (χ1n) is 11.0. The van der Waals surface area contributed by atoms with Crippen LogP contribution in [-0.4, -0.2) is 74.3 Å². The van der Waals surface area contributed by atoms with Crippen LogP contribution in [0.4, 0.5) is 23.1 Å². The summed E-state index contributed by atoms with van der Waals surface area (Å²) in [7, 11) is 1.54. The molecular formula is C22H23F3N6O4S. The quantitative estimate of drug-likeness (QED) is 0.532. The fourth-order valence-corrected chi connectivity index (χ4v) is 4.95. The normalized spacial score (nSPS) is 16.3. The van der Waals surface area contributed by atoms with E-state index in [1.54, 1.807) is 7.11 Å². The van der Waals surface area contributed by atoms with E-state index in [0.717, 1.165) is 39.0 Å². The van der Waals surface area contributed by atoms with Crippen molar-refractivity contribution in [3.63, 3.8) is 0 Å². The zero-order valence-electron chi connectivity index (χ0n) is 19.2. The van der Waals surface area contributed by atoms with E-state index in [2.05, 4.69) is 49.4 Å². The minimum atomic E-state index is -5.08. The Labute approximate surface area is 207 Å².